The summed E-state index contributed by atoms with van der Waals surface area (Å²) in [7, 11) is -2.19. The highest BCUT2D eigenvalue weighted by molar-refractivity contribution is 7.92. The number of nitrogens with one attached hydrogen (secondary N) is 2. The number of anilines is 1. The molecule has 2 N–H and O–H groups in total. The Bertz CT molecular complexity index is 862. The number of methoxy groups -OCH3 is 1. The lowest BCUT2D eigenvalue weighted by Gasteiger charge is -2.12. The average Bonchev–Trinajstić information content (AvgIpc) is 2.60. The zero-order valence-electron chi connectivity index (χ0n) is 15.2. The van der Waals surface area contributed by atoms with Crippen molar-refractivity contribution in [3.05, 3.63) is 59.2 Å². The fourth-order valence-corrected chi connectivity index (χ4v) is 3.71. The van der Waals surface area contributed by atoms with Gasteiger partial charge in [0.05, 0.1) is 4.90 Å². The summed E-state index contributed by atoms with van der Waals surface area (Å²) in [5, 5.41) is 2.75. The number of benzene rings is 2. The van der Waals surface area contributed by atoms with Crippen LogP contribution in [-0.4, -0.2) is 34.6 Å². The predicted molar refractivity (Wildman–Crippen MR) is 102 cm³/mol. The van der Waals surface area contributed by atoms with Crippen molar-refractivity contribution in [1.82, 2.24) is 5.32 Å². The minimum absolute atomic E-state index is 0.0858. The van der Waals surface area contributed by atoms with Gasteiger partial charge in [-0.25, -0.2) is 8.42 Å². The fourth-order valence-electron chi connectivity index (χ4n) is 2.38. The molecule has 0 spiro atoms. The van der Waals surface area contributed by atoms with Crippen LogP contribution in [0.4, 0.5) is 5.69 Å². The Labute approximate surface area is 154 Å². The highest BCUT2D eigenvalue weighted by atomic mass is 32.2. The first-order valence-corrected chi connectivity index (χ1v) is 9.79. The number of sulfonamides is 1. The van der Waals surface area contributed by atoms with Crippen molar-refractivity contribution in [3.8, 4) is 0 Å². The number of hydrogen-bond donors (Lipinski definition) is 2. The summed E-state index contributed by atoms with van der Waals surface area (Å²) >= 11 is 0. The third-order valence-electron chi connectivity index (χ3n) is 3.85. The Morgan fingerprint density at radius 3 is 2.42 bits per heavy atom. The molecule has 26 heavy (non-hydrogen) atoms. The number of hydrogen-bond acceptors (Lipinski definition) is 4. The van der Waals surface area contributed by atoms with E-state index in [-0.39, 0.29) is 10.8 Å². The van der Waals surface area contributed by atoms with Crippen molar-refractivity contribution >= 4 is 21.6 Å². The van der Waals surface area contributed by atoms with Crippen molar-refractivity contribution < 1.29 is 17.9 Å². The summed E-state index contributed by atoms with van der Waals surface area (Å²) in [5.74, 6) is -0.312. The van der Waals surface area contributed by atoms with Gasteiger partial charge in [-0.15, -0.1) is 0 Å². The number of aryl methyl sites for hydroxylation is 2. The monoisotopic (exact) mass is 376 g/mol. The normalized spacial score (nSPS) is 11.2. The van der Waals surface area contributed by atoms with Crippen LogP contribution >= 0.6 is 0 Å². The molecule has 2 rings (SSSR count). The van der Waals surface area contributed by atoms with Crippen molar-refractivity contribution in [2.24, 2.45) is 0 Å². The molecule has 0 aliphatic carbocycles. The maximum Gasteiger partial charge on any atom is 0.262 e. The summed E-state index contributed by atoms with van der Waals surface area (Å²) in [4.78, 5) is 12.3. The van der Waals surface area contributed by atoms with Crippen LogP contribution in [-0.2, 0) is 14.8 Å². The third kappa shape index (κ3) is 5.31. The Morgan fingerprint density at radius 1 is 1.08 bits per heavy atom. The zero-order valence-corrected chi connectivity index (χ0v) is 16.0. The maximum atomic E-state index is 12.7. The van der Waals surface area contributed by atoms with Gasteiger partial charge in [0.15, 0.2) is 0 Å². The molecule has 2 aromatic carbocycles. The second-order valence-corrected chi connectivity index (χ2v) is 7.70. The van der Waals surface area contributed by atoms with Crippen LogP contribution in [0, 0.1) is 13.8 Å². The summed E-state index contributed by atoms with van der Waals surface area (Å²) in [6.07, 6.45) is 0.689. The Kier molecular flexibility index (Phi) is 6.76. The molecule has 0 heterocycles. The molecule has 2 aromatic rings. The molecule has 6 nitrogen and oxygen atoms in total. The van der Waals surface area contributed by atoms with Crippen LogP contribution in [0.1, 0.15) is 27.9 Å². The van der Waals surface area contributed by atoms with Crippen molar-refractivity contribution in [2.45, 2.75) is 25.2 Å². The molecule has 0 saturated heterocycles. The summed E-state index contributed by atoms with van der Waals surface area (Å²) in [6, 6.07) is 11.7. The van der Waals surface area contributed by atoms with Crippen LogP contribution in [0.2, 0.25) is 0 Å². The number of ether oxygens (including phenoxy) is 1. The van der Waals surface area contributed by atoms with Gasteiger partial charge in [-0.3, -0.25) is 9.52 Å². The highest BCUT2D eigenvalue weighted by Gasteiger charge is 2.19. The van der Waals surface area contributed by atoms with Gasteiger partial charge in [-0.1, -0.05) is 23.8 Å². The summed E-state index contributed by atoms with van der Waals surface area (Å²) in [6.45, 7) is 4.64. The van der Waals surface area contributed by atoms with E-state index < -0.39 is 10.0 Å². The van der Waals surface area contributed by atoms with Crippen LogP contribution in [0.3, 0.4) is 0 Å². The molecule has 1 amide bonds. The maximum absolute atomic E-state index is 12.7. The smallest absolute Gasteiger partial charge is 0.262 e. The molecule has 0 aromatic heterocycles. The van der Waals surface area contributed by atoms with E-state index in [2.05, 4.69) is 10.0 Å². The quantitative estimate of drug-likeness (QED) is 0.694. The Hall–Kier alpha value is -2.38. The molecule has 0 aliphatic heterocycles. The van der Waals surface area contributed by atoms with Crippen LogP contribution < -0.4 is 10.0 Å². The molecule has 0 unspecified atom stereocenters. The van der Waals surface area contributed by atoms with E-state index in [0.29, 0.717) is 36.4 Å². The standard InChI is InChI=1S/C19H24N2O4S/c1-14-5-9-17(10-6-14)21-26(23,24)18-13-16(8-7-15(18)2)19(22)20-11-4-12-25-3/h5-10,13,21H,4,11-12H2,1-3H3,(H,20,22). The number of carbonyl (C=O) groups excluding carboxylic acids is 1. The largest absolute Gasteiger partial charge is 0.385 e. The third-order valence-corrected chi connectivity index (χ3v) is 5.38. The molecule has 0 saturated carbocycles. The second-order valence-electron chi connectivity index (χ2n) is 6.05. The van der Waals surface area contributed by atoms with Gasteiger partial charge in [0.2, 0.25) is 0 Å². The van der Waals surface area contributed by atoms with Crippen LogP contribution in [0.25, 0.3) is 0 Å². The molecule has 140 valence electrons. The molecule has 7 heteroatoms. The molecule has 0 aliphatic rings. The van der Waals surface area contributed by atoms with E-state index in [9.17, 15) is 13.2 Å². The van der Waals surface area contributed by atoms with E-state index in [1.807, 2.05) is 19.1 Å². The SMILES string of the molecule is COCCCNC(=O)c1ccc(C)c(S(=O)(=O)Nc2ccc(C)cc2)c1. The van der Waals surface area contributed by atoms with Gasteiger partial charge < -0.3 is 10.1 Å². The average molecular weight is 376 g/mol. The lowest BCUT2D eigenvalue weighted by molar-refractivity contribution is 0.0948. The molecule has 0 fully saturated rings. The molecular formula is C19H24N2O4S. The second kappa shape index (κ2) is 8.82. The van der Waals surface area contributed by atoms with Crippen molar-refractivity contribution in [1.29, 1.82) is 0 Å². The topological polar surface area (TPSA) is 84.5 Å². The molecular weight excluding hydrogens is 352 g/mol. The predicted octanol–water partition coefficient (Wildman–Crippen LogP) is 2.87. The van der Waals surface area contributed by atoms with Crippen LogP contribution in [0.15, 0.2) is 47.4 Å². The van der Waals surface area contributed by atoms with E-state index in [4.69, 9.17) is 4.74 Å². The number of carbonyl (C=O) groups is 1. The van der Waals surface area contributed by atoms with Gasteiger partial charge in [0.1, 0.15) is 0 Å². The Balaban J connectivity index is 2.19. The summed E-state index contributed by atoms with van der Waals surface area (Å²) in [5.41, 5.74) is 2.39. The van der Waals surface area contributed by atoms with Gasteiger partial charge in [0.25, 0.3) is 15.9 Å². The first kappa shape index (κ1) is 19.9. The molecule has 0 radical (unpaired) electrons. The summed E-state index contributed by atoms with van der Waals surface area (Å²) < 4.78 is 32.9. The van der Waals surface area contributed by atoms with Gasteiger partial charge in [-0.05, 0) is 50.1 Å². The first-order chi connectivity index (χ1) is 12.3. The first-order valence-electron chi connectivity index (χ1n) is 8.31. The lowest BCUT2D eigenvalue weighted by atomic mass is 10.1. The highest BCUT2D eigenvalue weighted by Crippen LogP contribution is 2.21. The van der Waals surface area contributed by atoms with E-state index in [0.717, 1.165) is 5.56 Å². The minimum Gasteiger partial charge on any atom is -0.385 e. The van der Waals surface area contributed by atoms with Crippen LogP contribution in [0.5, 0.6) is 0 Å². The van der Waals surface area contributed by atoms with Crippen molar-refractivity contribution in [3.63, 3.8) is 0 Å². The number of rotatable bonds is 8. The lowest BCUT2D eigenvalue weighted by Crippen LogP contribution is -2.25. The fraction of sp³-hybridized carbons (Fsp3) is 0.316. The minimum atomic E-state index is -3.79. The number of amides is 1. The Morgan fingerprint density at radius 2 is 1.77 bits per heavy atom. The van der Waals surface area contributed by atoms with E-state index >= 15 is 0 Å². The van der Waals surface area contributed by atoms with E-state index in [1.54, 1.807) is 38.3 Å². The van der Waals surface area contributed by atoms with E-state index in [1.165, 1.54) is 6.07 Å². The van der Waals surface area contributed by atoms with Gasteiger partial charge in [-0.2, -0.15) is 0 Å². The van der Waals surface area contributed by atoms with Gasteiger partial charge >= 0.3 is 0 Å². The van der Waals surface area contributed by atoms with Gasteiger partial charge in [0, 0.05) is 31.5 Å². The molecule has 0 atom stereocenters. The van der Waals surface area contributed by atoms with Crippen molar-refractivity contribution in [2.75, 3.05) is 25.0 Å². The zero-order chi connectivity index (χ0) is 19.2. The molecule has 0 bridgehead atoms.